The number of aromatic amines is 1. The summed E-state index contributed by atoms with van der Waals surface area (Å²) in [6, 6.07) is 0. The topological polar surface area (TPSA) is 28.7 Å². The van der Waals surface area contributed by atoms with Crippen LogP contribution in [0, 0.1) is 34.6 Å². The molecule has 0 amide bonds. The highest BCUT2D eigenvalue weighted by Crippen LogP contribution is 2.27. The highest BCUT2D eigenvalue weighted by atomic mass is 14.9. The minimum Gasteiger partial charge on any atom is -0.348 e. The molecule has 1 heterocycles. The number of benzene rings is 1. The van der Waals surface area contributed by atoms with Gasteiger partial charge in [0.25, 0.3) is 0 Å². The minimum absolute atomic E-state index is 0.895. The smallest absolute Gasteiger partial charge is 0.110 e. The van der Waals surface area contributed by atoms with Crippen LogP contribution in [0.1, 0.15) is 39.2 Å². The predicted molar refractivity (Wildman–Crippen MR) is 71.5 cm³/mol. The number of hydrogen-bond donors (Lipinski definition) is 1. The Balaban J connectivity index is 2.54. The molecule has 0 fully saturated rings. The van der Waals surface area contributed by atoms with Gasteiger partial charge in [-0.3, -0.25) is 0 Å². The lowest BCUT2D eigenvalue weighted by Crippen LogP contribution is -2.04. The van der Waals surface area contributed by atoms with Crippen molar-refractivity contribution in [1.29, 1.82) is 0 Å². The summed E-state index contributed by atoms with van der Waals surface area (Å²) in [4.78, 5) is 7.50. The fraction of sp³-hybridized carbons (Fsp3) is 0.400. The number of H-pyrrole nitrogens is 1. The summed E-state index contributed by atoms with van der Waals surface area (Å²) >= 11 is 0. The van der Waals surface area contributed by atoms with Gasteiger partial charge in [0.05, 0.1) is 0 Å². The van der Waals surface area contributed by atoms with Gasteiger partial charge >= 0.3 is 0 Å². The zero-order valence-electron chi connectivity index (χ0n) is 11.3. The fourth-order valence-electron chi connectivity index (χ4n) is 2.40. The first kappa shape index (κ1) is 11.9. The maximum absolute atomic E-state index is 4.32. The molecule has 0 bridgehead atoms. The van der Waals surface area contributed by atoms with Crippen LogP contribution in [0.25, 0.3) is 0 Å². The summed E-state index contributed by atoms with van der Waals surface area (Å²) in [5, 5.41) is 0. The molecule has 90 valence electrons. The second-order valence-electron chi connectivity index (χ2n) is 4.82. The van der Waals surface area contributed by atoms with Crippen LogP contribution in [-0.2, 0) is 6.42 Å². The molecule has 1 N–H and O–H groups in total. The number of hydrogen-bond acceptors (Lipinski definition) is 1. The molecule has 2 rings (SSSR count). The number of nitrogens with one attached hydrogen (secondary N) is 1. The van der Waals surface area contributed by atoms with Gasteiger partial charge < -0.3 is 4.98 Å². The van der Waals surface area contributed by atoms with Crippen molar-refractivity contribution >= 4 is 0 Å². The average Bonchev–Trinajstić information content (AvgIpc) is 2.82. The Kier molecular flexibility index (Phi) is 3.05. The van der Waals surface area contributed by atoms with E-state index in [0.29, 0.717) is 0 Å². The van der Waals surface area contributed by atoms with Gasteiger partial charge in [-0.2, -0.15) is 0 Å². The van der Waals surface area contributed by atoms with Crippen molar-refractivity contribution in [2.24, 2.45) is 0 Å². The van der Waals surface area contributed by atoms with Gasteiger partial charge in [0.15, 0.2) is 0 Å². The molecule has 2 heteroatoms. The second-order valence-corrected chi connectivity index (χ2v) is 4.82. The number of aromatic nitrogens is 2. The molecule has 17 heavy (non-hydrogen) atoms. The lowest BCUT2D eigenvalue weighted by atomic mass is 9.88. The third kappa shape index (κ3) is 1.99. The molecule has 0 spiro atoms. The van der Waals surface area contributed by atoms with Crippen LogP contribution in [0.2, 0.25) is 0 Å². The first-order valence-electron chi connectivity index (χ1n) is 6.06. The molecule has 0 atom stereocenters. The van der Waals surface area contributed by atoms with Crippen molar-refractivity contribution in [3.05, 3.63) is 51.6 Å². The lowest BCUT2D eigenvalue weighted by Gasteiger charge is -2.18. The normalized spacial score (nSPS) is 10.9. The van der Waals surface area contributed by atoms with E-state index in [9.17, 15) is 0 Å². The second kappa shape index (κ2) is 4.36. The van der Waals surface area contributed by atoms with Crippen LogP contribution in [0.15, 0.2) is 12.4 Å². The summed E-state index contributed by atoms with van der Waals surface area (Å²) < 4.78 is 0. The van der Waals surface area contributed by atoms with E-state index >= 15 is 0 Å². The number of imidazole rings is 1. The van der Waals surface area contributed by atoms with Gasteiger partial charge in [-0.1, -0.05) is 0 Å². The summed E-state index contributed by atoms with van der Waals surface area (Å²) in [7, 11) is 0. The Bertz CT molecular complexity index is 508. The Hall–Kier alpha value is -1.57. The van der Waals surface area contributed by atoms with Crippen LogP contribution in [0.3, 0.4) is 0 Å². The van der Waals surface area contributed by atoms with Gasteiger partial charge in [0.2, 0.25) is 0 Å². The molecular weight excluding hydrogens is 208 g/mol. The van der Waals surface area contributed by atoms with Gasteiger partial charge in [-0.25, -0.2) is 4.98 Å². The Labute approximate surface area is 103 Å². The van der Waals surface area contributed by atoms with E-state index in [1.165, 1.54) is 33.4 Å². The van der Waals surface area contributed by atoms with Crippen molar-refractivity contribution in [2.45, 2.75) is 41.0 Å². The largest absolute Gasteiger partial charge is 0.348 e. The summed E-state index contributed by atoms with van der Waals surface area (Å²) in [5.41, 5.74) is 8.47. The van der Waals surface area contributed by atoms with Crippen molar-refractivity contribution in [3.63, 3.8) is 0 Å². The fourth-order valence-corrected chi connectivity index (χ4v) is 2.40. The van der Waals surface area contributed by atoms with E-state index in [1.807, 2.05) is 12.4 Å². The summed E-state index contributed by atoms with van der Waals surface area (Å²) in [5.74, 6) is 1.04. The third-order valence-electron chi connectivity index (χ3n) is 4.05. The van der Waals surface area contributed by atoms with Crippen LogP contribution in [-0.4, -0.2) is 9.97 Å². The van der Waals surface area contributed by atoms with Crippen molar-refractivity contribution in [1.82, 2.24) is 9.97 Å². The first-order chi connectivity index (χ1) is 8.02. The van der Waals surface area contributed by atoms with E-state index in [2.05, 4.69) is 44.6 Å². The molecule has 0 radical (unpaired) electrons. The SMILES string of the molecule is Cc1c(C)c(C)c(Cc2ncc[nH]2)c(C)c1C. The van der Waals surface area contributed by atoms with Crippen LogP contribution in [0.4, 0.5) is 0 Å². The zero-order valence-corrected chi connectivity index (χ0v) is 11.3. The van der Waals surface area contributed by atoms with Crippen molar-refractivity contribution < 1.29 is 0 Å². The maximum atomic E-state index is 4.32. The Morgan fingerprint density at radius 3 is 1.88 bits per heavy atom. The molecule has 0 saturated carbocycles. The zero-order chi connectivity index (χ0) is 12.6. The molecule has 2 aromatic rings. The average molecular weight is 228 g/mol. The maximum Gasteiger partial charge on any atom is 0.110 e. The predicted octanol–water partition coefficient (Wildman–Crippen LogP) is 3.54. The Morgan fingerprint density at radius 1 is 0.882 bits per heavy atom. The molecule has 0 aliphatic carbocycles. The molecule has 0 aliphatic rings. The highest BCUT2D eigenvalue weighted by Gasteiger charge is 2.13. The first-order valence-corrected chi connectivity index (χ1v) is 6.06. The quantitative estimate of drug-likeness (QED) is 0.836. The van der Waals surface area contributed by atoms with Crippen LogP contribution >= 0.6 is 0 Å². The van der Waals surface area contributed by atoms with Crippen LogP contribution < -0.4 is 0 Å². The molecule has 0 aliphatic heterocycles. The van der Waals surface area contributed by atoms with Gasteiger partial charge in [0.1, 0.15) is 5.82 Å². The molecule has 2 nitrogen and oxygen atoms in total. The monoisotopic (exact) mass is 228 g/mol. The van der Waals surface area contributed by atoms with E-state index in [1.54, 1.807) is 0 Å². The van der Waals surface area contributed by atoms with Gasteiger partial charge in [0, 0.05) is 18.8 Å². The minimum atomic E-state index is 0.895. The van der Waals surface area contributed by atoms with E-state index in [-0.39, 0.29) is 0 Å². The van der Waals surface area contributed by atoms with Crippen LogP contribution in [0.5, 0.6) is 0 Å². The van der Waals surface area contributed by atoms with E-state index < -0.39 is 0 Å². The highest BCUT2D eigenvalue weighted by molar-refractivity contribution is 5.50. The molecule has 1 aromatic heterocycles. The van der Waals surface area contributed by atoms with Crippen molar-refractivity contribution in [3.8, 4) is 0 Å². The number of rotatable bonds is 2. The van der Waals surface area contributed by atoms with E-state index in [4.69, 9.17) is 0 Å². The molecule has 1 aromatic carbocycles. The Morgan fingerprint density at radius 2 is 1.41 bits per heavy atom. The lowest BCUT2D eigenvalue weighted by molar-refractivity contribution is 0.983. The third-order valence-corrected chi connectivity index (χ3v) is 4.05. The molecular formula is C15H20N2. The molecule has 0 saturated heterocycles. The standard InChI is InChI=1S/C15H20N2/c1-9-10(2)12(4)14(13(5)11(9)3)8-15-16-6-7-17-15/h6-7H,8H2,1-5H3,(H,16,17). The van der Waals surface area contributed by atoms with Gasteiger partial charge in [-0.05, 0) is 68.0 Å². The van der Waals surface area contributed by atoms with Gasteiger partial charge in [-0.15, -0.1) is 0 Å². The van der Waals surface area contributed by atoms with Crippen molar-refractivity contribution in [2.75, 3.05) is 0 Å². The molecule has 0 unspecified atom stereocenters. The van der Waals surface area contributed by atoms with E-state index in [0.717, 1.165) is 12.2 Å². The number of nitrogens with zero attached hydrogens (tertiary/aromatic N) is 1. The summed E-state index contributed by atoms with van der Waals surface area (Å²) in [6.07, 6.45) is 4.59. The summed E-state index contributed by atoms with van der Waals surface area (Å²) in [6.45, 7) is 11.1.